The van der Waals surface area contributed by atoms with Crippen molar-refractivity contribution in [2.24, 2.45) is 0 Å². The zero-order valence-electron chi connectivity index (χ0n) is 7.81. The average molecular weight is 287 g/mol. The van der Waals surface area contributed by atoms with Crippen LogP contribution in [-0.4, -0.2) is 6.54 Å². The summed E-state index contributed by atoms with van der Waals surface area (Å²) in [6.07, 6.45) is 2.61. The average Bonchev–Trinajstić information content (AvgIpc) is 2.62. The molecule has 1 nitrogen and oxygen atoms in total. The van der Waals surface area contributed by atoms with E-state index in [0.29, 0.717) is 6.04 Å². The Morgan fingerprint density at radius 1 is 1.46 bits per heavy atom. The maximum Gasteiger partial charge on any atom is 0.0321 e. The summed E-state index contributed by atoms with van der Waals surface area (Å²) in [6.45, 7) is 3.34. The first kappa shape index (κ1) is 9.46. The maximum atomic E-state index is 3.52. The lowest BCUT2D eigenvalue weighted by molar-refractivity contribution is 0.647. The van der Waals surface area contributed by atoms with E-state index in [1.165, 1.54) is 34.1 Å². The van der Waals surface area contributed by atoms with Gasteiger partial charge in [-0.05, 0) is 66.1 Å². The second kappa shape index (κ2) is 3.96. The second-order valence-corrected chi connectivity index (χ2v) is 4.82. The fraction of sp³-hybridized carbons (Fsp3) is 0.455. The van der Waals surface area contributed by atoms with Crippen molar-refractivity contribution < 1.29 is 0 Å². The van der Waals surface area contributed by atoms with Crippen LogP contribution in [0.2, 0.25) is 0 Å². The molecule has 0 aromatic heterocycles. The van der Waals surface area contributed by atoms with E-state index in [0.717, 1.165) is 0 Å². The highest BCUT2D eigenvalue weighted by atomic mass is 127. The molecule has 2 heteroatoms. The van der Waals surface area contributed by atoms with E-state index < -0.39 is 0 Å². The van der Waals surface area contributed by atoms with Gasteiger partial charge in [-0.1, -0.05) is 12.1 Å². The summed E-state index contributed by atoms with van der Waals surface area (Å²) in [5.74, 6) is 0. The lowest BCUT2D eigenvalue weighted by Crippen LogP contribution is -2.12. The fourth-order valence-electron chi connectivity index (χ4n) is 1.79. The molecule has 70 valence electrons. The van der Waals surface area contributed by atoms with Gasteiger partial charge in [0.25, 0.3) is 0 Å². The van der Waals surface area contributed by atoms with E-state index in [-0.39, 0.29) is 0 Å². The number of hydrogen-bond donors (Lipinski definition) is 1. The van der Waals surface area contributed by atoms with E-state index in [2.05, 4.69) is 53.0 Å². The molecule has 2 rings (SSSR count). The van der Waals surface area contributed by atoms with Crippen LogP contribution in [0.1, 0.15) is 30.0 Å². The summed E-state index contributed by atoms with van der Waals surface area (Å²) in [4.78, 5) is 0. The molecule has 0 saturated carbocycles. The largest absolute Gasteiger partial charge is 0.310 e. The topological polar surface area (TPSA) is 12.0 Å². The Bertz CT molecular complexity index is 303. The van der Waals surface area contributed by atoms with Crippen molar-refractivity contribution in [3.8, 4) is 0 Å². The molecular weight excluding hydrogens is 273 g/mol. The molecule has 0 spiro atoms. The summed E-state index contributed by atoms with van der Waals surface area (Å²) in [6, 6.07) is 7.38. The Kier molecular flexibility index (Phi) is 2.89. The quantitative estimate of drug-likeness (QED) is 0.783. The first-order chi connectivity index (χ1) is 6.27. The number of aryl methyl sites for hydroxylation is 1. The summed E-state index contributed by atoms with van der Waals surface area (Å²) < 4.78 is 1.38. The van der Waals surface area contributed by atoms with Gasteiger partial charge in [-0.15, -0.1) is 0 Å². The Morgan fingerprint density at radius 3 is 2.92 bits per heavy atom. The normalized spacial score (nSPS) is 22.2. The third-order valence-electron chi connectivity index (χ3n) is 2.66. The van der Waals surface area contributed by atoms with Gasteiger partial charge in [0.05, 0.1) is 0 Å². The molecule has 1 fully saturated rings. The standard InChI is InChI=1S/C11H14IN/c1-8-4-5-9(7-10(8)12)11-3-2-6-13-11/h4-5,7,11,13H,2-3,6H2,1H3. The number of hydrogen-bond acceptors (Lipinski definition) is 1. The molecular formula is C11H14IN. The third kappa shape index (κ3) is 2.05. The van der Waals surface area contributed by atoms with Gasteiger partial charge in [-0.2, -0.15) is 0 Å². The van der Waals surface area contributed by atoms with Crippen LogP contribution in [0, 0.1) is 10.5 Å². The highest BCUT2D eigenvalue weighted by Crippen LogP contribution is 2.25. The van der Waals surface area contributed by atoms with E-state index >= 15 is 0 Å². The van der Waals surface area contributed by atoms with Crippen molar-refractivity contribution in [2.45, 2.75) is 25.8 Å². The zero-order chi connectivity index (χ0) is 9.26. The lowest BCUT2D eigenvalue weighted by Gasteiger charge is -2.11. The molecule has 1 N–H and O–H groups in total. The summed E-state index contributed by atoms with van der Waals surface area (Å²) >= 11 is 2.41. The summed E-state index contributed by atoms with van der Waals surface area (Å²) in [5, 5.41) is 3.52. The molecule has 1 saturated heterocycles. The minimum atomic E-state index is 0.606. The van der Waals surface area contributed by atoms with E-state index in [1.807, 2.05) is 0 Å². The lowest BCUT2D eigenvalue weighted by atomic mass is 10.0. The van der Waals surface area contributed by atoms with Crippen molar-refractivity contribution in [3.05, 3.63) is 32.9 Å². The van der Waals surface area contributed by atoms with E-state index in [4.69, 9.17) is 0 Å². The van der Waals surface area contributed by atoms with Gasteiger partial charge in [-0.3, -0.25) is 0 Å². The SMILES string of the molecule is Cc1ccc(C2CCCN2)cc1I. The molecule has 0 amide bonds. The molecule has 1 unspecified atom stereocenters. The smallest absolute Gasteiger partial charge is 0.0321 e. The summed E-state index contributed by atoms with van der Waals surface area (Å²) in [7, 11) is 0. The van der Waals surface area contributed by atoms with Gasteiger partial charge in [0.1, 0.15) is 0 Å². The van der Waals surface area contributed by atoms with Crippen molar-refractivity contribution in [1.29, 1.82) is 0 Å². The van der Waals surface area contributed by atoms with Crippen LogP contribution in [-0.2, 0) is 0 Å². The van der Waals surface area contributed by atoms with Gasteiger partial charge in [-0.25, -0.2) is 0 Å². The Morgan fingerprint density at radius 2 is 2.31 bits per heavy atom. The molecule has 1 aromatic carbocycles. The van der Waals surface area contributed by atoms with Gasteiger partial charge < -0.3 is 5.32 Å². The predicted octanol–water partition coefficient (Wildman–Crippen LogP) is 3.02. The van der Waals surface area contributed by atoms with E-state index in [1.54, 1.807) is 0 Å². The van der Waals surface area contributed by atoms with Crippen LogP contribution < -0.4 is 5.32 Å². The van der Waals surface area contributed by atoms with Gasteiger partial charge in [0, 0.05) is 9.61 Å². The fourth-order valence-corrected chi connectivity index (χ4v) is 2.33. The van der Waals surface area contributed by atoms with Gasteiger partial charge in [0.15, 0.2) is 0 Å². The third-order valence-corrected chi connectivity index (χ3v) is 3.82. The zero-order valence-corrected chi connectivity index (χ0v) is 9.97. The van der Waals surface area contributed by atoms with Crippen molar-refractivity contribution in [1.82, 2.24) is 5.32 Å². The number of benzene rings is 1. The van der Waals surface area contributed by atoms with Crippen LogP contribution >= 0.6 is 22.6 Å². The number of rotatable bonds is 1. The molecule has 0 radical (unpaired) electrons. The molecule has 1 aliphatic heterocycles. The van der Waals surface area contributed by atoms with Crippen LogP contribution in [0.3, 0.4) is 0 Å². The molecule has 1 atom stereocenters. The van der Waals surface area contributed by atoms with Crippen LogP contribution in [0.4, 0.5) is 0 Å². The van der Waals surface area contributed by atoms with E-state index in [9.17, 15) is 0 Å². The predicted molar refractivity (Wildman–Crippen MR) is 63.9 cm³/mol. The maximum absolute atomic E-state index is 3.52. The van der Waals surface area contributed by atoms with Crippen LogP contribution in [0.15, 0.2) is 18.2 Å². The van der Waals surface area contributed by atoms with Crippen molar-refractivity contribution in [3.63, 3.8) is 0 Å². The van der Waals surface area contributed by atoms with Crippen LogP contribution in [0.25, 0.3) is 0 Å². The number of halogens is 1. The molecule has 1 aromatic rings. The van der Waals surface area contributed by atoms with Crippen molar-refractivity contribution >= 4 is 22.6 Å². The first-order valence-electron chi connectivity index (χ1n) is 4.77. The second-order valence-electron chi connectivity index (χ2n) is 3.66. The highest BCUT2D eigenvalue weighted by Gasteiger charge is 2.15. The van der Waals surface area contributed by atoms with Crippen molar-refractivity contribution in [2.75, 3.05) is 6.54 Å². The summed E-state index contributed by atoms with van der Waals surface area (Å²) in [5.41, 5.74) is 2.83. The highest BCUT2D eigenvalue weighted by molar-refractivity contribution is 14.1. The first-order valence-corrected chi connectivity index (χ1v) is 5.84. The number of nitrogens with one attached hydrogen (secondary N) is 1. The molecule has 13 heavy (non-hydrogen) atoms. The monoisotopic (exact) mass is 287 g/mol. The minimum absolute atomic E-state index is 0.606. The van der Waals surface area contributed by atoms with Gasteiger partial charge >= 0.3 is 0 Å². The van der Waals surface area contributed by atoms with Crippen LogP contribution in [0.5, 0.6) is 0 Å². The minimum Gasteiger partial charge on any atom is -0.310 e. The molecule has 1 aliphatic rings. The molecule has 0 aliphatic carbocycles. The molecule has 1 heterocycles. The Hall–Kier alpha value is -0.0900. The Labute approximate surface area is 93.1 Å². The van der Waals surface area contributed by atoms with Gasteiger partial charge in [0.2, 0.25) is 0 Å². The molecule has 0 bridgehead atoms. The Balaban J connectivity index is 2.25.